The van der Waals surface area contributed by atoms with Crippen LogP contribution in [0.25, 0.3) is 0 Å². The number of hydrogen-bond acceptors (Lipinski definition) is 5. The Kier molecular flexibility index (Phi) is 4.24. The fraction of sp³-hybridized carbons (Fsp3) is 0.417. The van der Waals surface area contributed by atoms with Crippen LogP contribution in [0.5, 0.6) is 0 Å². The minimum absolute atomic E-state index is 0.134. The highest BCUT2D eigenvalue weighted by atomic mass is 32.2. The highest BCUT2D eigenvalue weighted by molar-refractivity contribution is 7.88. The predicted octanol–water partition coefficient (Wildman–Crippen LogP) is 0.877. The molecule has 0 bridgehead atoms. The predicted molar refractivity (Wildman–Crippen MR) is 73.0 cm³/mol. The number of sulfonamides is 1. The van der Waals surface area contributed by atoms with Crippen molar-refractivity contribution in [3.05, 3.63) is 39.9 Å². The number of aliphatic carboxylic acids is 1. The molecule has 1 aliphatic carbocycles. The maximum atomic E-state index is 12.0. The third kappa shape index (κ3) is 4.23. The molecule has 0 saturated heterocycles. The smallest absolute Gasteiger partial charge is 0.322 e. The van der Waals surface area contributed by atoms with Crippen LogP contribution in [0.1, 0.15) is 18.4 Å². The van der Waals surface area contributed by atoms with Crippen LogP contribution in [0.15, 0.2) is 24.3 Å². The van der Waals surface area contributed by atoms with E-state index in [0.717, 1.165) is 0 Å². The van der Waals surface area contributed by atoms with Crippen LogP contribution in [-0.4, -0.2) is 30.5 Å². The summed E-state index contributed by atoms with van der Waals surface area (Å²) in [7, 11) is -3.82. The fourth-order valence-electron chi connectivity index (χ4n) is 1.95. The van der Waals surface area contributed by atoms with Crippen molar-refractivity contribution in [2.24, 2.45) is 5.92 Å². The quantitative estimate of drug-likeness (QED) is 0.568. The van der Waals surface area contributed by atoms with E-state index < -0.39 is 32.7 Å². The van der Waals surface area contributed by atoms with Gasteiger partial charge in [-0.3, -0.25) is 14.9 Å². The first-order valence-electron chi connectivity index (χ1n) is 6.24. The van der Waals surface area contributed by atoms with Crippen LogP contribution in [0.3, 0.4) is 0 Å². The van der Waals surface area contributed by atoms with Gasteiger partial charge in [-0.25, -0.2) is 13.1 Å². The Morgan fingerprint density at radius 3 is 2.38 bits per heavy atom. The molecule has 0 aliphatic heterocycles. The molecule has 8 nitrogen and oxygen atoms in total. The van der Waals surface area contributed by atoms with Crippen LogP contribution >= 0.6 is 0 Å². The van der Waals surface area contributed by atoms with Gasteiger partial charge < -0.3 is 5.11 Å². The number of carboxylic acid groups (broad SMARTS) is 1. The average molecular weight is 314 g/mol. The van der Waals surface area contributed by atoms with Crippen molar-refractivity contribution in [1.29, 1.82) is 0 Å². The number of nitrogens with zero attached hydrogens (tertiary/aromatic N) is 1. The van der Waals surface area contributed by atoms with E-state index in [4.69, 9.17) is 5.11 Å². The van der Waals surface area contributed by atoms with Crippen molar-refractivity contribution in [2.75, 3.05) is 0 Å². The zero-order valence-electron chi connectivity index (χ0n) is 10.9. The summed E-state index contributed by atoms with van der Waals surface area (Å²) in [5.74, 6) is -1.76. The molecular formula is C12H14N2O6S. The summed E-state index contributed by atoms with van der Waals surface area (Å²) in [6, 6.07) is 3.99. The summed E-state index contributed by atoms with van der Waals surface area (Å²) in [5.41, 5.74) is 0.221. The molecule has 9 heteroatoms. The molecule has 1 aromatic rings. The number of nitro benzene ring substituents is 1. The lowest BCUT2D eigenvalue weighted by Gasteiger charge is -2.13. The van der Waals surface area contributed by atoms with Gasteiger partial charge in [0.25, 0.3) is 5.69 Å². The normalized spacial score (nSPS) is 16.4. The SMILES string of the molecule is O=C(O)C(NS(=O)(=O)Cc1ccc([N+](=O)[O-])cc1)C1CC1. The standard InChI is InChI=1S/C12H14N2O6S/c15-12(16)11(9-3-4-9)13-21(19,20)7-8-1-5-10(6-2-8)14(17)18/h1-2,5-6,9,11,13H,3-4,7H2,(H,15,16). The molecule has 1 atom stereocenters. The van der Waals surface area contributed by atoms with Gasteiger partial charge in [0.2, 0.25) is 10.0 Å². The van der Waals surface area contributed by atoms with Gasteiger partial charge in [-0.2, -0.15) is 0 Å². The van der Waals surface area contributed by atoms with E-state index in [0.29, 0.717) is 18.4 Å². The first-order chi connectivity index (χ1) is 9.78. The maximum Gasteiger partial charge on any atom is 0.322 e. The molecule has 1 aliphatic rings. The summed E-state index contributed by atoms with van der Waals surface area (Å²) in [5, 5.41) is 19.5. The molecule has 1 saturated carbocycles. The Hall–Kier alpha value is -2.00. The van der Waals surface area contributed by atoms with Crippen molar-refractivity contribution in [2.45, 2.75) is 24.6 Å². The van der Waals surface area contributed by atoms with Crippen LogP contribution in [-0.2, 0) is 20.6 Å². The van der Waals surface area contributed by atoms with Crippen LogP contribution < -0.4 is 4.72 Å². The van der Waals surface area contributed by atoms with E-state index in [-0.39, 0.29) is 11.6 Å². The zero-order chi connectivity index (χ0) is 15.6. The van der Waals surface area contributed by atoms with E-state index >= 15 is 0 Å². The lowest BCUT2D eigenvalue weighted by atomic mass is 10.2. The number of non-ortho nitro benzene ring substituents is 1. The number of rotatable bonds is 7. The highest BCUT2D eigenvalue weighted by Gasteiger charge is 2.38. The number of carbonyl (C=O) groups is 1. The van der Waals surface area contributed by atoms with Crippen LogP contribution in [0, 0.1) is 16.0 Å². The molecular weight excluding hydrogens is 300 g/mol. The molecule has 0 aromatic heterocycles. The highest BCUT2D eigenvalue weighted by Crippen LogP contribution is 2.33. The molecule has 1 unspecified atom stereocenters. The Labute approximate surface area is 121 Å². The van der Waals surface area contributed by atoms with Crippen molar-refractivity contribution in [3.8, 4) is 0 Å². The minimum atomic E-state index is -3.82. The van der Waals surface area contributed by atoms with E-state index in [9.17, 15) is 23.3 Å². The largest absolute Gasteiger partial charge is 0.480 e. The fourth-order valence-corrected chi connectivity index (χ4v) is 3.34. The second kappa shape index (κ2) is 5.78. The van der Waals surface area contributed by atoms with E-state index in [1.165, 1.54) is 24.3 Å². The topological polar surface area (TPSA) is 127 Å². The lowest BCUT2D eigenvalue weighted by molar-refractivity contribution is -0.384. The molecule has 1 aromatic carbocycles. The minimum Gasteiger partial charge on any atom is -0.480 e. The second-order valence-electron chi connectivity index (χ2n) is 4.95. The van der Waals surface area contributed by atoms with Gasteiger partial charge in [0.1, 0.15) is 6.04 Å². The summed E-state index contributed by atoms with van der Waals surface area (Å²) in [4.78, 5) is 21.0. The van der Waals surface area contributed by atoms with E-state index in [1.54, 1.807) is 0 Å². The van der Waals surface area contributed by atoms with Crippen molar-refractivity contribution in [1.82, 2.24) is 4.72 Å². The number of nitrogens with one attached hydrogen (secondary N) is 1. The second-order valence-corrected chi connectivity index (χ2v) is 6.71. The third-order valence-corrected chi connectivity index (χ3v) is 4.50. The van der Waals surface area contributed by atoms with Gasteiger partial charge >= 0.3 is 5.97 Å². The van der Waals surface area contributed by atoms with Gasteiger partial charge in [0.05, 0.1) is 10.7 Å². The molecule has 0 amide bonds. The summed E-state index contributed by atoms with van der Waals surface area (Å²) in [6.07, 6.45) is 1.38. The monoisotopic (exact) mass is 314 g/mol. The molecule has 2 N–H and O–H groups in total. The third-order valence-electron chi connectivity index (χ3n) is 3.17. The number of nitro groups is 1. The Bertz CT molecular complexity index is 651. The summed E-state index contributed by atoms with van der Waals surface area (Å²) in [6.45, 7) is 0. The Morgan fingerprint density at radius 1 is 1.38 bits per heavy atom. The molecule has 114 valence electrons. The van der Waals surface area contributed by atoms with Gasteiger partial charge in [-0.05, 0) is 24.3 Å². The van der Waals surface area contributed by atoms with Crippen LogP contribution in [0.4, 0.5) is 5.69 Å². The molecule has 0 heterocycles. The zero-order valence-corrected chi connectivity index (χ0v) is 11.7. The van der Waals surface area contributed by atoms with Crippen molar-refractivity contribution in [3.63, 3.8) is 0 Å². The number of hydrogen-bond donors (Lipinski definition) is 2. The van der Waals surface area contributed by atoms with Gasteiger partial charge in [0, 0.05) is 12.1 Å². The Balaban J connectivity index is 2.06. The lowest BCUT2D eigenvalue weighted by Crippen LogP contribution is -2.42. The first kappa shape index (κ1) is 15.4. The van der Waals surface area contributed by atoms with Gasteiger partial charge in [-0.15, -0.1) is 0 Å². The molecule has 0 spiro atoms. The summed E-state index contributed by atoms with van der Waals surface area (Å²) >= 11 is 0. The average Bonchev–Trinajstić information content (AvgIpc) is 3.20. The maximum absolute atomic E-state index is 12.0. The molecule has 2 rings (SSSR count). The molecule has 0 radical (unpaired) electrons. The van der Waals surface area contributed by atoms with Crippen molar-refractivity contribution >= 4 is 21.7 Å². The van der Waals surface area contributed by atoms with Gasteiger partial charge in [-0.1, -0.05) is 12.1 Å². The number of carboxylic acids is 1. The van der Waals surface area contributed by atoms with E-state index in [1.807, 2.05) is 0 Å². The van der Waals surface area contributed by atoms with Crippen molar-refractivity contribution < 1.29 is 23.2 Å². The first-order valence-corrected chi connectivity index (χ1v) is 7.90. The molecule has 1 fully saturated rings. The van der Waals surface area contributed by atoms with Gasteiger partial charge in [0.15, 0.2) is 0 Å². The van der Waals surface area contributed by atoms with Crippen LogP contribution in [0.2, 0.25) is 0 Å². The Morgan fingerprint density at radius 2 is 1.95 bits per heavy atom. The molecule has 21 heavy (non-hydrogen) atoms. The van der Waals surface area contributed by atoms with E-state index in [2.05, 4.69) is 4.72 Å². The summed E-state index contributed by atoms with van der Waals surface area (Å²) < 4.78 is 26.1. The number of benzene rings is 1.